The second-order valence-corrected chi connectivity index (χ2v) is 6.06. The Balaban J connectivity index is 1.55. The average Bonchev–Trinajstić information content (AvgIpc) is 3.10. The minimum Gasteiger partial charge on any atom is -0.490 e. The van der Waals surface area contributed by atoms with Crippen LogP contribution in [0.25, 0.3) is 11.0 Å². The van der Waals surface area contributed by atoms with Crippen LogP contribution in [0, 0.1) is 0 Å². The van der Waals surface area contributed by atoms with Crippen molar-refractivity contribution in [2.24, 2.45) is 0 Å². The van der Waals surface area contributed by atoms with Gasteiger partial charge >= 0.3 is 0 Å². The molecular weight excluding hydrogens is 342 g/mol. The van der Waals surface area contributed by atoms with Crippen molar-refractivity contribution in [2.75, 3.05) is 19.8 Å². The molecule has 0 aliphatic rings. The van der Waals surface area contributed by atoms with Crippen LogP contribution in [0.2, 0.25) is 0 Å². The van der Waals surface area contributed by atoms with Gasteiger partial charge in [-0.3, -0.25) is 4.79 Å². The van der Waals surface area contributed by atoms with Crippen molar-refractivity contribution in [3.05, 3.63) is 54.4 Å². The summed E-state index contributed by atoms with van der Waals surface area (Å²) in [6.07, 6.45) is 4.64. The van der Waals surface area contributed by atoms with E-state index in [4.69, 9.17) is 9.47 Å². The summed E-state index contributed by atoms with van der Waals surface area (Å²) >= 11 is 0. The number of benzene rings is 1. The summed E-state index contributed by atoms with van der Waals surface area (Å²) in [7, 11) is 0. The first kappa shape index (κ1) is 18.8. The second kappa shape index (κ2) is 9.07. The molecule has 0 spiro atoms. The van der Waals surface area contributed by atoms with E-state index in [1.807, 2.05) is 32.2 Å². The van der Waals surface area contributed by atoms with E-state index >= 15 is 0 Å². The molecule has 3 rings (SSSR count). The van der Waals surface area contributed by atoms with Crippen LogP contribution in [0.3, 0.4) is 0 Å². The molecule has 0 radical (unpaired) electrons. The maximum absolute atomic E-state index is 12.4. The number of hydrogen-bond donors (Lipinski definition) is 1. The number of ether oxygens (including phenoxy) is 2. The lowest BCUT2D eigenvalue weighted by molar-refractivity contribution is 0.0952. The van der Waals surface area contributed by atoms with E-state index in [2.05, 4.69) is 20.9 Å². The monoisotopic (exact) mass is 367 g/mol. The van der Waals surface area contributed by atoms with Gasteiger partial charge in [-0.25, -0.2) is 4.98 Å². The van der Waals surface area contributed by atoms with Crippen molar-refractivity contribution >= 4 is 16.9 Å². The van der Waals surface area contributed by atoms with Crippen LogP contribution in [0.5, 0.6) is 11.5 Å². The Morgan fingerprint density at radius 3 is 2.74 bits per heavy atom. The van der Waals surface area contributed by atoms with E-state index in [1.165, 1.54) is 0 Å². The number of nitrogens with one attached hydrogen (secondary N) is 1. The van der Waals surface area contributed by atoms with E-state index in [0.717, 1.165) is 24.0 Å². The maximum Gasteiger partial charge on any atom is 0.251 e. The smallest absolute Gasteiger partial charge is 0.251 e. The summed E-state index contributed by atoms with van der Waals surface area (Å²) in [4.78, 5) is 16.8. The SMILES string of the molecule is CCOc1ccc(C(=O)NCCCn2ccc3cccnc32)cc1OCC. The van der Waals surface area contributed by atoms with Crippen LogP contribution in [0.15, 0.2) is 48.8 Å². The lowest BCUT2D eigenvalue weighted by Crippen LogP contribution is -2.25. The topological polar surface area (TPSA) is 65.4 Å². The average molecular weight is 367 g/mol. The maximum atomic E-state index is 12.4. The van der Waals surface area contributed by atoms with Crippen LogP contribution in [-0.2, 0) is 6.54 Å². The van der Waals surface area contributed by atoms with Gasteiger partial charge in [0.05, 0.1) is 13.2 Å². The summed E-state index contributed by atoms with van der Waals surface area (Å²) in [6, 6.07) is 11.3. The summed E-state index contributed by atoms with van der Waals surface area (Å²) in [5.74, 6) is 1.13. The number of aromatic nitrogens is 2. The van der Waals surface area contributed by atoms with Crippen molar-refractivity contribution in [2.45, 2.75) is 26.8 Å². The fourth-order valence-corrected chi connectivity index (χ4v) is 2.95. The number of nitrogens with zero attached hydrogens (tertiary/aromatic N) is 2. The first-order valence-corrected chi connectivity index (χ1v) is 9.30. The van der Waals surface area contributed by atoms with Crippen molar-refractivity contribution in [3.8, 4) is 11.5 Å². The standard InChI is InChI=1S/C21H25N3O3/c1-3-26-18-9-8-17(15-19(18)27-4-2)21(25)23-12-6-13-24-14-10-16-7-5-11-22-20(16)24/h5,7-11,14-15H,3-4,6,12-13H2,1-2H3,(H,23,25). The van der Waals surface area contributed by atoms with Gasteiger partial charge < -0.3 is 19.4 Å². The van der Waals surface area contributed by atoms with Crippen LogP contribution in [0.4, 0.5) is 0 Å². The van der Waals surface area contributed by atoms with E-state index < -0.39 is 0 Å². The third kappa shape index (κ3) is 4.58. The molecular formula is C21H25N3O3. The molecule has 6 heteroatoms. The molecule has 1 N–H and O–H groups in total. The largest absolute Gasteiger partial charge is 0.490 e. The molecule has 0 saturated heterocycles. The van der Waals surface area contributed by atoms with Crippen LogP contribution >= 0.6 is 0 Å². The summed E-state index contributed by atoms with van der Waals surface area (Å²) in [5, 5.41) is 4.09. The summed E-state index contributed by atoms with van der Waals surface area (Å²) in [6.45, 7) is 6.28. The first-order chi connectivity index (χ1) is 13.2. The van der Waals surface area contributed by atoms with Crippen molar-refractivity contribution in [1.82, 2.24) is 14.9 Å². The second-order valence-electron chi connectivity index (χ2n) is 6.06. The number of hydrogen-bond acceptors (Lipinski definition) is 4. The predicted octanol–water partition coefficient (Wildman–Crippen LogP) is 3.65. The minimum atomic E-state index is -0.116. The van der Waals surface area contributed by atoms with Gasteiger partial charge in [0.15, 0.2) is 11.5 Å². The van der Waals surface area contributed by atoms with Crippen molar-refractivity contribution in [3.63, 3.8) is 0 Å². The predicted molar refractivity (Wildman–Crippen MR) is 105 cm³/mol. The molecule has 0 aliphatic heterocycles. The number of aryl methyl sites for hydroxylation is 1. The highest BCUT2D eigenvalue weighted by Gasteiger charge is 2.11. The normalized spacial score (nSPS) is 10.7. The lowest BCUT2D eigenvalue weighted by atomic mass is 10.2. The van der Waals surface area contributed by atoms with Gasteiger partial charge in [-0.2, -0.15) is 0 Å². The van der Waals surface area contributed by atoms with Crippen molar-refractivity contribution in [1.29, 1.82) is 0 Å². The lowest BCUT2D eigenvalue weighted by Gasteiger charge is -2.12. The summed E-state index contributed by atoms with van der Waals surface area (Å²) in [5.41, 5.74) is 1.53. The molecule has 0 unspecified atom stereocenters. The number of amides is 1. The zero-order valence-corrected chi connectivity index (χ0v) is 15.8. The van der Waals surface area contributed by atoms with E-state index in [1.54, 1.807) is 24.4 Å². The quantitative estimate of drug-likeness (QED) is 0.586. The zero-order chi connectivity index (χ0) is 19.1. The van der Waals surface area contributed by atoms with Gasteiger partial charge in [0, 0.05) is 36.4 Å². The number of carbonyl (C=O) groups is 1. The van der Waals surface area contributed by atoms with Crippen molar-refractivity contribution < 1.29 is 14.3 Å². The fraction of sp³-hybridized carbons (Fsp3) is 0.333. The molecule has 0 bridgehead atoms. The summed E-state index contributed by atoms with van der Waals surface area (Å²) < 4.78 is 13.2. The van der Waals surface area contributed by atoms with E-state index in [9.17, 15) is 4.79 Å². The highest BCUT2D eigenvalue weighted by atomic mass is 16.5. The Kier molecular flexibility index (Phi) is 6.30. The number of carbonyl (C=O) groups excluding carboxylic acids is 1. The van der Waals surface area contributed by atoms with Crippen LogP contribution in [-0.4, -0.2) is 35.2 Å². The Labute approximate surface area is 159 Å². The van der Waals surface area contributed by atoms with E-state index in [-0.39, 0.29) is 5.91 Å². The molecule has 2 heterocycles. The van der Waals surface area contributed by atoms with Crippen LogP contribution in [0.1, 0.15) is 30.6 Å². The van der Waals surface area contributed by atoms with Gasteiger partial charge in [-0.15, -0.1) is 0 Å². The Bertz CT molecular complexity index is 905. The van der Waals surface area contributed by atoms with Gasteiger partial charge in [0.25, 0.3) is 5.91 Å². The first-order valence-electron chi connectivity index (χ1n) is 9.30. The highest BCUT2D eigenvalue weighted by Crippen LogP contribution is 2.28. The molecule has 3 aromatic rings. The number of rotatable bonds is 9. The van der Waals surface area contributed by atoms with Crippen LogP contribution < -0.4 is 14.8 Å². The minimum absolute atomic E-state index is 0.116. The molecule has 2 aromatic heterocycles. The highest BCUT2D eigenvalue weighted by molar-refractivity contribution is 5.94. The fourth-order valence-electron chi connectivity index (χ4n) is 2.95. The molecule has 142 valence electrons. The Hall–Kier alpha value is -3.02. The van der Waals surface area contributed by atoms with Gasteiger partial charge in [-0.05, 0) is 56.7 Å². The van der Waals surface area contributed by atoms with Gasteiger partial charge in [0.1, 0.15) is 5.65 Å². The molecule has 0 atom stereocenters. The molecule has 0 aliphatic carbocycles. The number of pyridine rings is 1. The molecule has 0 fully saturated rings. The molecule has 0 saturated carbocycles. The molecule has 1 amide bonds. The third-order valence-corrected chi connectivity index (χ3v) is 4.19. The Morgan fingerprint density at radius 2 is 1.93 bits per heavy atom. The molecule has 1 aromatic carbocycles. The molecule has 6 nitrogen and oxygen atoms in total. The molecule has 27 heavy (non-hydrogen) atoms. The van der Waals surface area contributed by atoms with E-state index in [0.29, 0.717) is 36.8 Å². The zero-order valence-electron chi connectivity index (χ0n) is 15.8. The Morgan fingerprint density at radius 1 is 1.11 bits per heavy atom. The third-order valence-electron chi connectivity index (χ3n) is 4.19. The van der Waals surface area contributed by atoms with Gasteiger partial charge in [0.2, 0.25) is 0 Å². The van der Waals surface area contributed by atoms with Gasteiger partial charge in [-0.1, -0.05) is 0 Å². The number of fused-ring (bicyclic) bond motifs is 1.